The molecule has 0 bridgehead atoms. The van der Waals surface area contributed by atoms with Gasteiger partial charge in [-0.2, -0.15) is 0 Å². The van der Waals surface area contributed by atoms with Crippen LogP contribution in [0.15, 0.2) is 89.9 Å². The van der Waals surface area contributed by atoms with Gasteiger partial charge < -0.3 is 10.5 Å². The summed E-state index contributed by atoms with van der Waals surface area (Å²) in [5.74, 6) is 0.149. The van der Waals surface area contributed by atoms with Gasteiger partial charge in [-0.3, -0.25) is 19.3 Å². The van der Waals surface area contributed by atoms with E-state index >= 15 is 0 Å². The number of carbonyl (C=O) groups excluding carboxylic acids is 3. The number of carbonyl (C=O) groups is 3. The number of guanidine groups is 1. The summed E-state index contributed by atoms with van der Waals surface area (Å²) in [7, 11) is 0. The smallest absolute Gasteiger partial charge is 0.308 e. The molecule has 2 N–H and O–H groups in total. The van der Waals surface area contributed by atoms with Crippen LogP contribution in [0.2, 0.25) is 0 Å². The molecule has 7 heteroatoms. The number of ketones is 1. The molecule has 0 spiro atoms. The van der Waals surface area contributed by atoms with E-state index in [0.717, 1.165) is 48.8 Å². The Hall–Kier alpha value is -4.26. The zero-order valence-corrected chi connectivity index (χ0v) is 23.5. The highest BCUT2D eigenvalue weighted by Crippen LogP contribution is 2.40. The quantitative estimate of drug-likeness (QED) is 0.260. The van der Waals surface area contributed by atoms with Crippen LogP contribution in [0.4, 0.5) is 0 Å². The minimum absolute atomic E-state index is 0.0578. The molecule has 0 saturated heterocycles. The number of amides is 1. The molecule has 2 aliphatic rings. The van der Waals surface area contributed by atoms with E-state index in [1.54, 1.807) is 0 Å². The summed E-state index contributed by atoms with van der Waals surface area (Å²) in [4.78, 5) is 45.7. The Balaban J connectivity index is 1.28. The third kappa shape index (κ3) is 5.94. The van der Waals surface area contributed by atoms with Crippen LogP contribution in [0, 0.1) is 11.8 Å². The van der Waals surface area contributed by atoms with E-state index in [9.17, 15) is 14.4 Å². The van der Waals surface area contributed by atoms with Crippen LogP contribution in [0.3, 0.4) is 0 Å². The largest absolute Gasteiger partial charge is 0.466 e. The van der Waals surface area contributed by atoms with Crippen LogP contribution in [0.5, 0.6) is 0 Å². The third-order valence-corrected chi connectivity index (χ3v) is 8.27. The maximum absolute atomic E-state index is 14.1. The average molecular weight is 552 g/mol. The van der Waals surface area contributed by atoms with Gasteiger partial charge in [0.15, 0.2) is 17.3 Å². The molecule has 1 amide bonds. The molecule has 7 nitrogen and oxygen atoms in total. The minimum atomic E-state index is -1.26. The molecule has 1 aliphatic heterocycles. The second kappa shape index (κ2) is 12.5. The van der Waals surface area contributed by atoms with Gasteiger partial charge in [-0.15, -0.1) is 0 Å². The molecule has 0 aromatic heterocycles. The maximum atomic E-state index is 14.1. The van der Waals surface area contributed by atoms with Crippen LogP contribution >= 0.6 is 0 Å². The topological polar surface area (TPSA) is 102 Å². The monoisotopic (exact) mass is 551 g/mol. The van der Waals surface area contributed by atoms with Crippen molar-refractivity contribution >= 4 is 23.6 Å². The summed E-state index contributed by atoms with van der Waals surface area (Å²) >= 11 is 0. The Kier molecular flexibility index (Phi) is 8.62. The van der Waals surface area contributed by atoms with Gasteiger partial charge in [0.2, 0.25) is 0 Å². The number of aliphatic imine (C=N–C) groups is 1. The molecule has 3 aromatic rings. The van der Waals surface area contributed by atoms with E-state index < -0.39 is 5.54 Å². The lowest BCUT2D eigenvalue weighted by Gasteiger charge is -2.27. The molecule has 1 saturated carbocycles. The number of esters is 1. The van der Waals surface area contributed by atoms with Crippen LogP contribution in [0.25, 0.3) is 0 Å². The molecule has 5 rings (SSSR count). The summed E-state index contributed by atoms with van der Waals surface area (Å²) in [6, 6.07) is 26.3. The molecule has 1 aliphatic carbocycles. The van der Waals surface area contributed by atoms with Crippen LogP contribution < -0.4 is 5.73 Å². The van der Waals surface area contributed by atoms with Crippen molar-refractivity contribution in [3.63, 3.8) is 0 Å². The van der Waals surface area contributed by atoms with Gasteiger partial charge in [0.05, 0.1) is 19.1 Å². The van der Waals surface area contributed by atoms with Gasteiger partial charge in [0, 0.05) is 12.0 Å². The molecular weight excluding hydrogens is 514 g/mol. The fourth-order valence-corrected chi connectivity index (χ4v) is 6.17. The summed E-state index contributed by atoms with van der Waals surface area (Å²) in [5, 5.41) is 0. The summed E-state index contributed by atoms with van der Waals surface area (Å²) in [6.45, 7) is 2.43. The summed E-state index contributed by atoms with van der Waals surface area (Å²) in [6.07, 6.45) is 4.83. The third-order valence-electron chi connectivity index (χ3n) is 8.27. The Morgan fingerprint density at radius 1 is 0.976 bits per heavy atom. The number of hydrogen-bond acceptors (Lipinski definition) is 6. The summed E-state index contributed by atoms with van der Waals surface area (Å²) < 4.78 is 5.22. The highest BCUT2D eigenvalue weighted by molar-refractivity contribution is 6.09. The minimum Gasteiger partial charge on any atom is -0.466 e. The molecular formula is C34H37N3O4. The lowest BCUT2D eigenvalue weighted by Crippen LogP contribution is -2.43. The van der Waals surface area contributed by atoms with E-state index in [-0.39, 0.29) is 36.1 Å². The first kappa shape index (κ1) is 28.3. The molecule has 1 fully saturated rings. The standard InChI is InChI=1S/C34H37N3O4/c1-2-41-31(39)27-14-9-11-24(21-27)19-20-30(38)26-13-10-12-25(22-26)23-37-32(40)34(36-33(37)35,28-15-5-3-6-16-28)29-17-7-4-8-18-29/h3-8,10,12-13,15-18,22,24,27H,2,9,11,14,19-21,23H2,1H3,(H2,35,36). The predicted molar refractivity (Wildman–Crippen MR) is 158 cm³/mol. The molecule has 3 aromatic carbocycles. The first-order chi connectivity index (χ1) is 19.9. The van der Waals surface area contributed by atoms with Crippen molar-refractivity contribution in [3.05, 3.63) is 107 Å². The fraction of sp³-hybridized carbons (Fsp3) is 0.353. The number of rotatable bonds is 10. The molecule has 1 heterocycles. The van der Waals surface area contributed by atoms with Gasteiger partial charge in [-0.05, 0) is 54.9 Å². The molecule has 2 atom stereocenters. The Labute approximate surface area is 241 Å². The van der Waals surface area contributed by atoms with Gasteiger partial charge >= 0.3 is 5.97 Å². The van der Waals surface area contributed by atoms with E-state index in [0.29, 0.717) is 24.5 Å². The highest BCUT2D eigenvalue weighted by atomic mass is 16.5. The SMILES string of the molecule is CCOC(=O)C1CCCC(CCC(=O)c2cccc(CN3C(=O)C(c4ccccc4)(c4ccccc4)N=C3N)c2)C1. The zero-order valence-electron chi connectivity index (χ0n) is 23.5. The van der Waals surface area contributed by atoms with Crippen molar-refractivity contribution in [2.75, 3.05) is 6.61 Å². The van der Waals surface area contributed by atoms with Crippen molar-refractivity contribution < 1.29 is 19.1 Å². The number of hydrogen-bond donors (Lipinski definition) is 1. The normalized spacial score (nSPS) is 20.0. The van der Waals surface area contributed by atoms with Crippen molar-refractivity contribution in [2.45, 2.75) is 57.5 Å². The zero-order chi connectivity index (χ0) is 28.8. The summed E-state index contributed by atoms with van der Waals surface area (Å²) in [5.41, 5.74) is 8.05. The van der Waals surface area contributed by atoms with E-state index in [1.807, 2.05) is 91.9 Å². The number of ether oxygens (including phenoxy) is 1. The Bertz CT molecular complexity index is 1380. The van der Waals surface area contributed by atoms with Crippen LogP contribution in [-0.4, -0.2) is 35.1 Å². The molecule has 212 valence electrons. The Morgan fingerprint density at radius 3 is 2.32 bits per heavy atom. The number of benzene rings is 3. The van der Waals surface area contributed by atoms with Crippen molar-refractivity contribution in [1.82, 2.24) is 4.90 Å². The molecule has 41 heavy (non-hydrogen) atoms. The van der Waals surface area contributed by atoms with Crippen molar-refractivity contribution in [1.29, 1.82) is 0 Å². The number of nitrogens with two attached hydrogens (primary N) is 1. The predicted octanol–water partition coefficient (Wildman–Crippen LogP) is 5.62. The van der Waals surface area contributed by atoms with E-state index in [1.165, 1.54) is 4.90 Å². The second-order valence-electron chi connectivity index (χ2n) is 10.9. The van der Waals surface area contributed by atoms with E-state index in [2.05, 4.69) is 0 Å². The Morgan fingerprint density at radius 2 is 1.66 bits per heavy atom. The molecule has 2 unspecified atom stereocenters. The van der Waals surface area contributed by atoms with Crippen molar-refractivity contribution in [2.24, 2.45) is 22.6 Å². The average Bonchev–Trinajstić information content (AvgIpc) is 3.27. The maximum Gasteiger partial charge on any atom is 0.308 e. The van der Waals surface area contributed by atoms with Gasteiger partial charge in [-0.1, -0.05) is 91.7 Å². The molecule has 0 radical (unpaired) electrons. The first-order valence-corrected chi connectivity index (χ1v) is 14.5. The first-order valence-electron chi connectivity index (χ1n) is 14.5. The lowest BCUT2D eigenvalue weighted by atomic mass is 9.79. The van der Waals surface area contributed by atoms with Gasteiger partial charge in [0.1, 0.15) is 0 Å². The fourth-order valence-electron chi connectivity index (χ4n) is 6.17. The number of nitrogens with zero attached hydrogens (tertiary/aromatic N) is 2. The van der Waals surface area contributed by atoms with Gasteiger partial charge in [0.25, 0.3) is 5.91 Å². The van der Waals surface area contributed by atoms with Crippen LogP contribution in [0.1, 0.15) is 72.5 Å². The second-order valence-corrected chi connectivity index (χ2v) is 10.9. The van der Waals surface area contributed by atoms with E-state index in [4.69, 9.17) is 15.5 Å². The number of Topliss-reactive ketones (excluding diaryl/α,β-unsaturated/α-hetero) is 1. The highest BCUT2D eigenvalue weighted by Gasteiger charge is 2.50. The van der Waals surface area contributed by atoms with Crippen LogP contribution in [-0.2, 0) is 26.4 Å². The lowest BCUT2D eigenvalue weighted by molar-refractivity contribution is -0.149. The van der Waals surface area contributed by atoms with Gasteiger partial charge in [-0.25, -0.2) is 4.99 Å². The van der Waals surface area contributed by atoms with Crippen molar-refractivity contribution in [3.8, 4) is 0 Å².